The van der Waals surface area contributed by atoms with Gasteiger partial charge < -0.3 is 4.74 Å². The van der Waals surface area contributed by atoms with Gasteiger partial charge in [-0.3, -0.25) is 0 Å². The summed E-state index contributed by atoms with van der Waals surface area (Å²) in [7, 11) is 0. The van der Waals surface area contributed by atoms with Gasteiger partial charge in [0.15, 0.2) is 0 Å². The zero-order chi connectivity index (χ0) is 6.81. The Morgan fingerprint density at radius 2 is 2.00 bits per heavy atom. The molecule has 0 radical (unpaired) electrons. The molecule has 1 nitrogen and oxygen atoms in total. The molecule has 0 N–H and O–H groups in total. The van der Waals surface area contributed by atoms with Crippen LogP contribution in [0, 0.1) is 0 Å². The molecule has 0 bridgehead atoms. The van der Waals surface area contributed by atoms with Gasteiger partial charge in [-0.05, 0) is 12.8 Å². The third-order valence-electron chi connectivity index (χ3n) is 2.22. The molecule has 1 aliphatic heterocycles. The van der Waals surface area contributed by atoms with Gasteiger partial charge in [0.2, 0.25) is 0 Å². The molecule has 1 atom stereocenters. The van der Waals surface area contributed by atoms with Crippen molar-refractivity contribution < 1.29 is 4.74 Å². The van der Waals surface area contributed by atoms with E-state index in [-0.39, 0.29) is 0 Å². The maximum absolute atomic E-state index is 5.15. The van der Waals surface area contributed by atoms with E-state index < -0.39 is 0 Å². The van der Waals surface area contributed by atoms with Crippen LogP contribution in [0.4, 0.5) is 0 Å². The van der Waals surface area contributed by atoms with Crippen molar-refractivity contribution in [1.82, 2.24) is 0 Å². The SMILES string of the molecule is C1CCC(SC[C@H]2CO2)C1. The van der Waals surface area contributed by atoms with Crippen LogP contribution in [0.1, 0.15) is 25.7 Å². The van der Waals surface area contributed by atoms with Crippen molar-refractivity contribution in [3.8, 4) is 0 Å². The molecule has 10 heavy (non-hydrogen) atoms. The van der Waals surface area contributed by atoms with E-state index in [1.165, 1.54) is 31.4 Å². The van der Waals surface area contributed by atoms with Crippen LogP contribution in [0.5, 0.6) is 0 Å². The molecule has 0 aromatic rings. The van der Waals surface area contributed by atoms with E-state index in [4.69, 9.17) is 4.74 Å². The quantitative estimate of drug-likeness (QED) is 0.583. The first kappa shape index (κ1) is 6.99. The molecule has 1 saturated carbocycles. The number of ether oxygens (including phenoxy) is 1. The maximum atomic E-state index is 5.15. The van der Waals surface area contributed by atoms with Crippen molar-refractivity contribution in [1.29, 1.82) is 0 Å². The maximum Gasteiger partial charge on any atom is 0.0900 e. The summed E-state index contributed by atoms with van der Waals surface area (Å²) in [6.07, 6.45) is 6.46. The van der Waals surface area contributed by atoms with Gasteiger partial charge in [-0.1, -0.05) is 12.8 Å². The molecule has 0 spiro atoms. The second-order valence-electron chi connectivity index (χ2n) is 3.20. The molecule has 2 fully saturated rings. The Balaban J connectivity index is 1.59. The first-order valence-electron chi connectivity index (χ1n) is 4.18. The largest absolute Gasteiger partial charge is 0.372 e. The van der Waals surface area contributed by atoms with Gasteiger partial charge in [0.05, 0.1) is 12.7 Å². The van der Waals surface area contributed by atoms with Crippen LogP contribution in [0.15, 0.2) is 0 Å². The molecule has 58 valence electrons. The van der Waals surface area contributed by atoms with Crippen LogP contribution in [0.3, 0.4) is 0 Å². The van der Waals surface area contributed by atoms with Crippen LogP contribution < -0.4 is 0 Å². The third-order valence-corrected chi connectivity index (χ3v) is 3.73. The minimum Gasteiger partial charge on any atom is -0.372 e. The summed E-state index contributed by atoms with van der Waals surface area (Å²) in [5.41, 5.74) is 0. The Kier molecular flexibility index (Phi) is 2.19. The van der Waals surface area contributed by atoms with E-state index in [0.717, 1.165) is 11.9 Å². The molecule has 1 saturated heterocycles. The van der Waals surface area contributed by atoms with Gasteiger partial charge in [0.1, 0.15) is 0 Å². The van der Waals surface area contributed by atoms with E-state index in [1.807, 2.05) is 0 Å². The van der Waals surface area contributed by atoms with Crippen LogP contribution in [-0.4, -0.2) is 23.7 Å². The highest BCUT2D eigenvalue weighted by Crippen LogP contribution is 2.31. The molecule has 1 heterocycles. The zero-order valence-electron chi connectivity index (χ0n) is 6.21. The lowest BCUT2D eigenvalue weighted by Crippen LogP contribution is -1.99. The van der Waals surface area contributed by atoms with Crippen LogP contribution in [-0.2, 0) is 4.74 Å². The minimum absolute atomic E-state index is 0.630. The zero-order valence-corrected chi connectivity index (χ0v) is 7.03. The number of rotatable bonds is 3. The molecule has 0 aromatic carbocycles. The molecule has 1 aliphatic carbocycles. The summed E-state index contributed by atoms with van der Waals surface area (Å²) in [5.74, 6) is 1.25. The Morgan fingerprint density at radius 1 is 1.30 bits per heavy atom. The predicted octanol–water partition coefficient (Wildman–Crippen LogP) is 2.06. The van der Waals surface area contributed by atoms with E-state index in [9.17, 15) is 0 Å². The monoisotopic (exact) mass is 158 g/mol. The summed E-state index contributed by atoms with van der Waals surface area (Å²) < 4.78 is 5.15. The van der Waals surface area contributed by atoms with E-state index >= 15 is 0 Å². The minimum atomic E-state index is 0.630. The topological polar surface area (TPSA) is 12.5 Å². The van der Waals surface area contributed by atoms with Gasteiger partial charge in [-0.15, -0.1) is 0 Å². The Labute approximate surface area is 66.5 Å². The van der Waals surface area contributed by atoms with Crippen molar-refractivity contribution in [2.75, 3.05) is 12.4 Å². The van der Waals surface area contributed by atoms with Crippen molar-refractivity contribution in [3.63, 3.8) is 0 Å². The Morgan fingerprint density at radius 3 is 2.60 bits per heavy atom. The number of hydrogen-bond acceptors (Lipinski definition) is 2. The summed E-state index contributed by atoms with van der Waals surface area (Å²) >= 11 is 2.13. The fourth-order valence-corrected chi connectivity index (χ4v) is 2.81. The van der Waals surface area contributed by atoms with Gasteiger partial charge in [-0.2, -0.15) is 11.8 Å². The van der Waals surface area contributed by atoms with Crippen molar-refractivity contribution >= 4 is 11.8 Å². The summed E-state index contributed by atoms with van der Waals surface area (Å²) in [6.45, 7) is 1.03. The lowest BCUT2D eigenvalue weighted by atomic mass is 10.4. The lowest BCUT2D eigenvalue weighted by Gasteiger charge is -2.05. The summed E-state index contributed by atoms with van der Waals surface area (Å²) in [6, 6.07) is 0. The van der Waals surface area contributed by atoms with E-state index in [0.29, 0.717) is 6.10 Å². The highest BCUT2D eigenvalue weighted by molar-refractivity contribution is 7.99. The smallest absolute Gasteiger partial charge is 0.0900 e. The standard InChI is InChI=1S/C8H14OS/c1-2-4-8(3-1)10-6-7-5-9-7/h7-8H,1-6H2/t7-/m1/s1. The Hall–Kier alpha value is 0.310. The molecule has 0 aromatic heterocycles. The molecule has 2 rings (SSSR count). The van der Waals surface area contributed by atoms with Gasteiger partial charge >= 0.3 is 0 Å². The predicted molar refractivity (Wildman–Crippen MR) is 44.5 cm³/mol. The number of hydrogen-bond donors (Lipinski definition) is 0. The summed E-state index contributed by atoms with van der Waals surface area (Å²) in [5, 5.41) is 0.976. The van der Waals surface area contributed by atoms with Gasteiger partial charge in [0, 0.05) is 11.0 Å². The fraction of sp³-hybridized carbons (Fsp3) is 1.00. The number of thioether (sulfide) groups is 1. The van der Waals surface area contributed by atoms with Crippen LogP contribution >= 0.6 is 11.8 Å². The van der Waals surface area contributed by atoms with E-state index in [2.05, 4.69) is 11.8 Å². The average molecular weight is 158 g/mol. The van der Waals surface area contributed by atoms with Crippen molar-refractivity contribution in [3.05, 3.63) is 0 Å². The van der Waals surface area contributed by atoms with E-state index in [1.54, 1.807) is 0 Å². The third kappa shape index (κ3) is 1.89. The molecule has 0 unspecified atom stereocenters. The fourth-order valence-electron chi connectivity index (χ4n) is 1.46. The van der Waals surface area contributed by atoms with Crippen LogP contribution in [0.2, 0.25) is 0 Å². The lowest BCUT2D eigenvalue weighted by molar-refractivity contribution is 0.426. The molecule has 2 heteroatoms. The molecular weight excluding hydrogens is 144 g/mol. The van der Waals surface area contributed by atoms with Crippen molar-refractivity contribution in [2.45, 2.75) is 37.0 Å². The highest BCUT2D eigenvalue weighted by atomic mass is 32.2. The van der Waals surface area contributed by atoms with Gasteiger partial charge in [-0.25, -0.2) is 0 Å². The molecule has 2 aliphatic rings. The van der Waals surface area contributed by atoms with Crippen LogP contribution in [0.25, 0.3) is 0 Å². The second kappa shape index (κ2) is 3.14. The highest BCUT2D eigenvalue weighted by Gasteiger charge is 2.24. The molecule has 0 amide bonds. The normalized spacial score (nSPS) is 33.0. The average Bonchev–Trinajstić information content (AvgIpc) is 2.63. The molecular formula is C8H14OS. The first-order chi connectivity index (χ1) is 4.95. The van der Waals surface area contributed by atoms with Gasteiger partial charge in [0.25, 0.3) is 0 Å². The Bertz CT molecular complexity index is 106. The first-order valence-corrected chi connectivity index (χ1v) is 5.23. The number of epoxide rings is 1. The van der Waals surface area contributed by atoms with Crippen molar-refractivity contribution in [2.24, 2.45) is 0 Å². The summed E-state index contributed by atoms with van der Waals surface area (Å²) in [4.78, 5) is 0. The second-order valence-corrected chi connectivity index (χ2v) is 4.53.